The zero-order chi connectivity index (χ0) is 13.5. The molecule has 2 heteroatoms. The Labute approximate surface area is 118 Å². The first-order valence-corrected chi connectivity index (χ1v) is 7.04. The molecule has 98 valence electrons. The zero-order valence-electron chi connectivity index (χ0n) is 11.5. The van der Waals surface area contributed by atoms with Crippen LogP contribution in [0.5, 0.6) is 0 Å². The van der Waals surface area contributed by atoms with E-state index in [1.807, 2.05) is 0 Å². The predicted octanol–water partition coefficient (Wildman–Crippen LogP) is 4.08. The monoisotopic (exact) mass is 260 g/mol. The molecule has 0 saturated heterocycles. The van der Waals surface area contributed by atoms with Crippen molar-refractivity contribution < 1.29 is 0 Å². The molecule has 2 heterocycles. The molecule has 0 bridgehead atoms. The fourth-order valence-corrected chi connectivity index (χ4v) is 2.88. The van der Waals surface area contributed by atoms with Crippen LogP contribution in [0.2, 0.25) is 0 Å². The van der Waals surface area contributed by atoms with E-state index >= 15 is 0 Å². The Morgan fingerprint density at radius 2 is 1.80 bits per heavy atom. The van der Waals surface area contributed by atoms with E-state index in [0.717, 1.165) is 18.7 Å². The average Bonchev–Trinajstić information content (AvgIpc) is 2.92. The molecule has 0 saturated carbocycles. The third kappa shape index (κ3) is 1.76. The topological polar surface area (TPSA) is 17.8 Å². The molecule has 0 atom stereocenters. The number of benzene rings is 2. The van der Waals surface area contributed by atoms with Crippen LogP contribution < -0.4 is 0 Å². The molecule has 0 spiro atoms. The van der Waals surface area contributed by atoms with Crippen LogP contribution in [-0.4, -0.2) is 9.78 Å². The maximum absolute atomic E-state index is 4.77. The van der Waals surface area contributed by atoms with Gasteiger partial charge in [0, 0.05) is 17.7 Å². The Morgan fingerprint density at radius 3 is 2.65 bits per heavy atom. The second-order valence-electron chi connectivity index (χ2n) is 5.41. The Hall–Kier alpha value is -2.35. The molecule has 20 heavy (non-hydrogen) atoms. The lowest BCUT2D eigenvalue weighted by molar-refractivity contribution is 0.609. The Morgan fingerprint density at radius 1 is 1.00 bits per heavy atom. The molecule has 1 aliphatic heterocycles. The quantitative estimate of drug-likeness (QED) is 0.644. The van der Waals surface area contributed by atoms with Crippen molar-refractivity contribution in [3.63, 3.8) is 0 Å². The number of hydrogen-bond donors (Lipinski definition) is 0. The van der Waals surface area contributed by atoms with E-state index in [9.17, 15) is 0 Å². The minimum atomic E-state index is 0.970. The van der Waals surface area contributed by atoms with Gasteiger partial charge in [0.15, 0.2) is 0 Å². The number of nitrogens with zero attached hydrogens (tertiary/aromatic N) is 2. The maximum atomic E-state index is 4.77. The minimum Gasteiger partial charge on any atom is -0.264 e. The predicted molar refractivity (Wildman–Crippen MR) is 81.5 cm³/mol. The summed E-state index contributed by atoms with van der Waals surface area (Å²) in [4.78, 5) is 0. The van der Waals surface area contributed by atoms with Crippen molar-refractivity contribution in [1.82, 2.24) is 9.78 Å². The van der Waals surface area contributed by atoms with Gasteiger partial charge in [-0.25, -0.2) is 0 Å². The molecule has 3 aromatic rings. The van der Waals surface area contributed by atoms with Crippen molar-refractivity contribution in [3.8, 4) is 22.5 Å². The van der Waals surface area contributed by atoms with Crippen molar-refractivity contribution in [3.05, 3.63) is 65.7 Å². The first-order valence-electron chi connectivity index (χ1n) is 7.04. The van der Waals surface area contributed by atoms with E-state index in [-0.39, 0.29) is 0 Å². The summed E-state index contributed by atoms with van der Waals surface area (Å²) in [5, 5.41) is 4.77. The zero-order valence-corrected chi connectivity index (χ0v) is 11.5. The van der Waals surface area contributed by atoms with E-state index in [4.69, 9.17) is 5.10 Å². The average molecular weight is 260 g/mol. The standard InChI is InChI=1S/C18H16N2/c1-13-6-8-15(9-7-13)17-12-18-16-5-3-2-4-14(16)10-11-20(18)19-17/h2-9,12H,10-11H2,1H3. The van der Waals surface area contributed by atoms with Crippen molar-refractivity contribution in [2.24, 2.45) is 0 Å². The molecular weight excluding hydrogens is 244 g/mol. The highest BCUT2D eigenvalue weighted by atomic mass is 15.3. The molecule has 1 aliphatic rings. The van der Waals surface area contributed by atoms with Gasteiger partial charge in [-0.3, -0.25) is 4.68 Å². The molecule has 0 aliphatic carbocycles. The molecule has 4 rings (SSSR count). The Kier molecular flexibility index (Phi) is 2.49. The lowest BCUT2D eigenvalue weighted by Crippen LogP contribution is -2.11. The largest absolute Gasteiger partial charge is 0.264 e. The number of aromatic nitrogens is 2. The smallest absolute Gasteiger partial charge is 0.0929 e. The van der Waals surface area contributed by atoms with Gasteiger partial charge in [-0.15, -0.1) is 0 Å². The summed E-state index contributed by atoms with van der Waals surface area (Å²) in [5.74, 6) is 0. The lowest BCUT2D eigenvalue weighted by atomic mass is 9.98. The van der Waals surface area contributed by atoms with E-state index in [2.05, 4.69) is 66.2 Å². The van der Waals surface area contributed by atoms with Crippen LogP contribution >= 0.6 is 0 Å². The molecule has 0 N–H and O–H groups in total. The van der Waals surface area contributed by atoms with Gasteiger partial charge < -0.3 is 0 Å². The molecule has 0 unspecified atom stereocenters. The Bertz CT molecular complexity index is 766. The molecule has 0 amide bonds. The molecule has 1 aromatic heterocycles. The second kappa shape index (κ2) is 4.34. The van der Waals surface area contributed by atoms with Crippen LogP contribution in [-0.2, 0) is 13.0 Å². The highest BCUT2D eigenvalue weighted by Crippen LogP contribution is 2.32. The van der Waals surface area contributed by atoms with Crippen molar-refractivity contribution in [1.29, 1.82) is 0 Å². The summed E-state index contributed by atoms with van der Waals surface area (Å²) in [5.41, 5.74) is 7.53. The third-order valence-electron chi connectivity index (χ3n) is 4.01. The lowest BCUT2D eigenvalue weighted by Gasteiger charge is -2.17. The van der Waals surface area contributed by atoms with Crippen LogP contribution in [0, 0.1) is 6.92 Å². The van der Waals surface area contributed by atoms with Gasteiger partial charge in [0.05, 0.1) is 11.4 Å². The highest BCUT2D eigenvalue weighted by molar-refractivity contribution is 5.71. The van der Waals surface area contributed by atoms with Crippen molar-refractivity contribution in [2.45, 2.75) is 19.9 Å². The molecule has 0 radical (unpaired) electrons. The molecule has 2 aromatic carbocycles. The van der Waals surface area contributed by atoms with E-state index in [1.54, 1.807) is 0 Å². The first-order chi connectivity index (χ1) is 9.81. The highest BCUT2D eigenvalue weighted by Gasteiger charge is 2.18. The number of rotatable bonds is 1. The van der Waals surface area contributed by atoms with Gasteiger partial charge in [-0.2, -0.15) is 5.10 Å². The first kappa shape index (κ1) is 11.5. The molecular formula is C18H16N2. The van der Waals surface area contributed by atoms with Crippen molar-refractivity contribution >= 4 is 0 Å². The summed E-state index contributed by atoms with van der Waals surface area (Å²) in [6.07, 6.45) is 1.07. The maximum Gasteiger partial charge on any atom is 0.0929 e. The number of fused-ring (bicyclic) bond motifs is 3. The molecule has 2 nitrogen and oxygen atoms in total. The van der Waals surface area contributed by atoms with Gasteiger partial charge in [-0.1, -0.05) is 54.1 Å². The number of hydrogen-bond acceptors (Lipinski definition) is 1. The fraction of sp³-hybridized carbons (Fsp3) is 0.167. The van der Waals surface area contributed by atoms with Crippen molar-refractivity contribution in [2.75, 3.05) is 0 Å². The van der Waals surface area contributed by atoms with Crippen LogP contribution in [0.1, 0.15) is 11.1 Å². The minimum absolute atomic E-state index is 0.970. The Balaban J connectivity index is 1.84. The van der Waals surface area contributed by atoms with E-state index in [1.165, 1.54) is 27.9 Å². The van der Waals surface area contributed by atoms with Gasteiger partial charge in [0.2, 0.25) is 0 Å². The summed E-state index contributed by atoms with van der Waals surface area (Å²) < 4.78 is 2.14. The van der Waals surface area contributed by atoms with Crippen LogP contribution in [0.15, 0.2) is 54.6 Å². The molecule has 0 fully saturated rings. The van der Waals surface area contributed by atoms with Crippen LogP contribution in [0.3, 0.4) is 0 Å². The summed E-state index contributed by atoms with van der Waals surface area (Å²) in [7, 11) is 0. The van der Waals surface area contributed by atoms with Crippen LogP contribution in [0.4, 0.5) is 0 Å². The second-order valence-corrected chi connectivity index (χ2v) is 5.41. The van der Waals surface area contributed by atoms with E-state index in [0.29, 0.717) is 0 Å². The summed E-state index contributed by atoms with van der Waals surface area (Å²) in [6, 6.07) is 19.4. The van der Waals surface area contributed by atoms with Gasteiger partial charge in [-0.05, 0) is 25.0 Å². The van der Waals surface area contributed by atoms with E-state index < -0.39 is 0 Å². The SMILES string of the molecule is Cc1ccc(-c2cc3n(n2)CCc2ccccc2-3)cc1. The summed E-state index contributed by atoms with van der Waals surface area (Å²) in [6.45, 7) is 3.08. The third-order valence-corrected chi connectivity index (χ3v) is 4.01. The van der Waals surface area contributed by atoms with Crippen LogP contribution in [0.25, 0.3) is 22.5 Å². The summed E-state index contributed by atoms with van der Waals surface area (Å²) >= 11 is 0. The van der Waals surface area contributed by atoms with Gasteiger partial charge in [0.25, 0.3) is 0 Å². The fourth-order valence-electron chi connectivity index (χ4n) is 2.88. The number of aryl methyl sites for hydroxylation is 3. The normalized spacial score (nSPS) is 12.8. The van der Waals surface area contributed by atoms with Gasteiger partial charge in [0.1, 0.15) is 0 Å². The van der Waals surface area contributed by atoms with Gasteiger partial charge >= 0.3 is 0 Å².